The van der Waals surface area contributed by atoms with Crippen molar-refractivity contribution >= 4 is 0 Å². The third kappa shape index (κ3) is 4.44. The normalized spacial score (nSPS) is 12.1. The van der Waals surface area contributed by atoms with Crippen molar-refractivity contribution in [1.82, 2.24) is 15.1 Å². The fourth-order valence-electron chi connectivity index (χ4n) is 2.43. The lowest BCUT2D eigenvalue weighted by Gasteiger charge is -2.14. The van der Waals surface area contributed by atoms with Gasteiger partial charge in [0.05, 0.1) is 17.3 Å². The van der Waals surface area contributed by atoms with Gasteiger partial charge in [0.1, 0.15) is 0 Å². The van der Waals surface area contributed by atoms with Crippen LogP contribution in [0, 0.1) is 31.1 Å². The topological polar surface area (TPSA) is 53.6 Å². The molecule has 1 aromatic carbocycles. The Balaban J connectivity index is 1.80. The number of rotatable bonds is 6. The van der Waals surface area contributed by atoms with Gasteiger partial charge in [-0.15, -0.1) is 0 Å². The number of aryl methyl sites for hydroxylation is 2. The predicted octanol–water partition coefficient (Wildman–Crippen LogP) is 2.80. The lowest BCUT2D eigenvalue weighted by atomic mass is 10.1. The summed E-state index contributed by atoms with van der Waals surface area (Å²) >= 11 is 0. The lowest BCUT2D eigenvalue weighted by Crippen LogP contribution is -2.24. The first kappa shape index (κ1) is 15.3. The minimum Gasteiger partial charge on any atom is -0.312 e. The highest BCUT2D eigenvalue weighted by Gasteiger charge is 2.07. The molecular weight excluding hydrogens is 260 g/mol. The number of hydrogen-bond acceptors (Lipinski definition) is 3. The van der Waals surface area contributed by atoms with Gasteiger partial charge < -0.3 is 5.32 Å². The summed E-state index contributed by atoms with van der Waals surface area (Å²) in [5.74, 6) is 0.502. The van der Waals surface area contributed by atoms with E-state index in [2.05, 4.69) is 41.1 Å². The molecule has 0 aliphatic heterocycles. The Hall–Kier alpha value is -2.12. The first-order valence-corrected chi connectivity index (χ1v) is 7.29. The molecule has 2 aromatic rings. The fourth-order valence-corrected chi connectivity index (χ4v) is 2.43. The van der Waals surface area contributed by atoms with Crippen LogP contribution in [0.15, 0.2) is 30.3 Å². The van der Waals surface area contributed by atoms with Crippen LogP contribution >= 0.6 is 0 Å². The van der Waals surface area contributed by atoms with Crippen LogP contribution in [0.5, 0.6) is 0 Å². The lowest BCUT2D eigenvalue weighted by molar-refractivity contribution is 0.416. The molecule has 0 bridgehead atoms. The summed E-state index contributed by atoms with van der Waals surface area (Å²) in [6.07, 6.45) is 0. The summed E-state index contributed by atoms with van der Waals surface area (Å²) in [5.41, 5.74) is 4.14. The van der Waals surface area contributed by atoms with Gasteiger partial charge in [-0.1, -0.05) is 19.1 Å². The first-order valence-electron chi connectivity index (χ1n) is 7.29. The van der Waals surface area contributed by atoms with E-state index in [1.807, 2.05) is 31.2 Å². The SMILES string of the molecule is Cc1cc(C)n(CC(C)CNCc2cccc(C#N)c2)n1. The molecule has 1 N–H and O–H groups in total. The Bertz CT molecular complexity index is 636. The molecule has 1 unspecified atom stereocenters. The number of aromatic nitrogens is 2. The number of nitrogens with one attached hydrogen (secondary N) is 1. The van der Waals surface area contributed by atoms with E-state index in [0.29, 0.717) is 11.5 Å². The van der Waals surface area contributed by atoms with Gasteiger partial charge in [-0.25, -0.2) is 0 Å². The van der Waals surface area contributed by atoms with Crippen LogP contribution in [0.3, 0.4) is 0 Å². The molecule has 2 rings (SSSR count). The molecule has 0 aliphatic rings. The van der Waals surface area contributed by atoms with Crippen molar-refractivity contribution in [3.8, 4) is 6.07 Å². The highest BCUT2D eigenvalue weighted by atomic mass is 15.3. The highest BCUT2D eigenvalue weighted by Crippen LogP contribution is 2.07. The molecule has 21 heavy (non-hydrogen) atoms. The molecule has 0 saturated heterocycles. The zero-order chi connectivity index (χ0) is 15.2. The van der Waals surface area contributed by atoms with E-state index in [1.165, 1.54) is 5.69 Å². The number of hydrogen-bond donors (Lipinski definition) is 1. The highest BCUT2D eigenvalue weighted by molar-refractivity contribution is 5.32. The monoisotopic (exact) mass is 282 g/mol. The average molecular weight is 282 g/mol. The Labute approximate surface area is 126 Å². The summed E-state index contributed by atoms with van der Waals surface area (Å²) in [6.45, 7) is 8.97. The first-order chi connectivity index (χ1) is 10.1. The zero-order valence-corrected chi connectivity index (χ0v) is 12.9. The second kappa shape index (κ2) is 7.05. The van der Waals surface area contributed by atoms with E-state index in [9.17, 15) is 0 Å². The summed E-state index contributed by atoms with van der Waals surface area (Å²) in [6, 6.07) is 12.0. The molecule has 4 nitrogen and oxygen atoms in total. The smallest absolute Gasteiger partial charge is 0.0991 e. The largest absolute Gasteiger partial charge is 0.312 e. The average Bonchev–Trinajstić information content (AvgIpc) is 2.77. The minimum absolute atomic E-state index is 0.502. The van der Waals surface area contributed by atoms with Gasteiger partial charge in [-0.05, 0) is 50.1 Å². The van der Waals surface area contributed by atoms with Gasteiger partial charge in [-0.2, -0.15) is 10.4 Å². The maximum absolute atomic E-state index is 8.89. The Morgan fingerprint density at radius 1 is 1.33 bits per heavy atom. The number of nitriles is 1. The quantitative estimate of drug-likeness (QED) is 0.886. The van der Waals surface area contributed by atoms with Crippen molar-refractivity contribution in [2.75, 3.05) is 6.54 Å². The molecule has 0 amide bonds. The maximum Gasteiger partial charge on any atom is 0.0991 e. The molecule has 0 aliphatic carbocycles. The Morgan fingerprint density at radius 3 is 2.81 bits per heavy atom. The van der Waals surface area contributed by atoms with Crippen LogP contribution in [0.1, 0.15) is 29.4 Å². The molecule has 1 atom stereocenters. The van der Waals surface area contributed by atoms with Crippen molar-refractivity contribution < 1.29 is 0 Å². The van der Waals surface area contributed by atoms with Crippen LogP contribution < -0.4 is 5.32 Å². The molecular formula is C17H22N4. The van der Waals surface area contributed by atoms with Gasteiger partial charge in [0.2, 0.25) is 0 Å². The third-order valence-electron chi connectivity index (χ3n) is 3.47. The number of nitrogens with zero attached hydrogens (tertiary/aromatic N) is 3. The van der Waals surface area contributed by atoms with Crippen molar-refractivity contribution in [3.63, 3.8) is 0 Å². The van der Waals surface area contributed by atoms with Gasteiger partial charge in [0.15, 0.2) is 0 Å². The van der Waals surface area contributed by atoms with Crippen LogP contribution in [0.4, 0.5) is 0 Å². The van der Waals surface area contributed by atoms with E-state index in [4.69, 9.17) is 5.26 Å². The summed E-state index contributed by atoms with van der Waals surface area (Å²) < 4.78 is 2.07. The van der Waals surface area contributed by atoms with Crippen LogP contribution in [0.25, 0.3) is 0 Å². The zero-order valence-electron chi connectivity index (χ0n) is 12.9. The molecule has 0 saturated carbocycles. The summed E-state index contributed by atoms with van der Waals surface area (Å²) in [4.78, 5) is 0. The van der Waals surface area contributed by atoms with Gasteiger partial charge in [0, 0.05) is 18.8 Å². The third-order valence-corrected chi connectivity index (χ3v) is 3.47. The van der Waals surface area contributed by atoms with E-state index >= 15 is 0 Å². The second-order valence-corrected chi connectivity index (χ2v) is 5.66. The number of benzene rings is 1. The van der Waals surface area contributed by atoms with E-state index < -0.39 is 0 Å². The van der Waals surface area contributed by atoms with Crippen LogP contribution in [0.2, 0.25) is 0 Å². The predicted molar refractivity (Wildman–Crippen MR) is 83.7 cm³/mol. The van der Waals surface area contributed by atoms with Crippen molar-refractivity contribution in [3.05, 3.63) is 52.8 Å². The standard InChI is InChI=1S/C17H22N4/c1-13(12-21-15(3)7-14(2)20-21)10-19-11-17-6-4-5-16(8-17)9-18/h4-8,13,19H,10-12H2,1-3H3. The van der Waals surface area contributed by atoms with Crippen molar-refractivity contribution in [1.29, 1.82) is 5.26 Å². The summed E-state index contributed by atoms with van der Waals surface area (Å²) in [7, 11) is 0. The van der Waals surface area contributed by atoms with Crippen molar-refractivity contribution in [2.24, 2.45) is 5.92 Å². The van der Waals surface area contributed by atoms with E-state index in [1.54, 1.807) is 0 Å². The molecule has 0 fully saturated rings. The van der Waals surface area contributed by atoms with Crippen LogP contribution in [-0.2, 0) is 13.1 Å². The molecule has 1 aromatic heterocycles. The minimum atomic E-state index is 0.502. The van der Waals surface area contributed by atoms with Crippen molar-refractivity contribution in [2.45, 2.75) is 33.9 Å². The fraction of sp³-hybridized carbons (Fsp3) is 0.412. The Morgan fingerprint density at radius 2 is 2.14 bits per heavy atom. The molecule has 110 valence electrons. The second-order valence-electron chi connectivity index (χ2n) is 5.66. The van der Waals surface area contributed by atoms with Gasteiger partial charge >= 0.3 is 0 Å². The van der Waals surface area contributed by atoms with Gasteiger partial charge in [0.25, 0.3) is 0 Å². The Kier molecular flexibility index (Phi) is 5.13. The maximum atomic E-state index is 8.89. The molecule has 4 heteroatoms. The van der Waals surface area contributed by atoms with E-state index in [0.717, 1.165) is 30.9 Å². The molecule has 0 radical (unpaired) electrons. The van der Waals surface area contributed by atoms with Gasteiger partial charge in [-0.3, -0.25) is 4.68 Å². The summed E-state index contributed by atoms with van der Waals surface area (Å²) in [5, 5.41) is 16.8. The molecule has 0 spiro atoms. The van der Waals surface area contributed by atoms with Crippen LogP contribution in [-0.4, -0.2) is 16.3 Å². The molecule has 1 heterocycles. The van der Waals surface area contributed by atoms with E-state index in [-0.39, 0.29) is 0 Å².